The first-order chi connectivity index (χ1) is 15.6. The molecular formula is C24H21ClN2O4S. The molecule has 1 atom stereocenters. The zero-order valence-corrected chi connectivity index (χ0v) is 18.7. The maximum absolute atomic E-state index is 13.4. The lowest BCUT2D eigenvalue weighted by Gasteiger charge is -2.27. The number of ether oxygens (including phenoxy) is 2. The fraction of sp³-hybridized carbons (Fsp3) is 0.250. The molecule has 0 aliphatic carbocycles. The topological polar surface area (TPSA) is 67.9 Å². The molecule has 1 aromatic heterocycles. The van der Waals surface area contributed by atoms with Gasteiger partial charge in [0.2, 0.25) is 0 Å². The summed E-state index contributed by atoms with van der Waals surface area (Å²) in [6.45, 7) is 1.73. The number of hydrogen-bond donors (Lipinski definition) is 1. The molecule has 0 radical (unpaired) electrons. The van der Waals surface area contributed by atoms with Gasteiger partial charge < -0.3 is 19.7 Å². The van der Waals surface area contributed by atoms with Crippen molar-refractivity contribution in [3.05, 3.63) is 74.9 Å². The Kier molecular flexibility index (Phi) is 5.76. The molecule has 2 amide bonds. The molecule has 8 heteroatoms. The van der Waals surface area contributed by atoms with Crippen molar-refractivity contribution in [1.82, 2.24) is 4.90 Å². The molecule has 2 aromatic carbocycles. The molecule has 5 rings (SSSR count). The highest BCUT2D eigenvalue weighted by Gasteiger charge is 2.32. The molecule has 0 spiro atoms. The van der Waals surface area contributed by atoms with E-state index in [2.05, 4.69) is 5.32 Å². The number of carbonyl (C=O) groups excluding carboxylic acids is 2. The van der Waals surface area contributed by atoms with Crippen LogP contribution in [0.25, 0.3) is 0 Å². The quantitative estimate of drug-likeness (QED) is 0.556. The second-order valence-corrected chi connectivity index (χ2v) is 9.04. The SMILES string of the molecule is O=C(Nc1cc(C(=O)N2CCCC2c2ccc3c(c2)OCCO3)ccc1Cl)c1cccs1. The Labute approximate surface area is 194 Å². The average Bonchev–Trinajstić information content (AvgIpc) is 3.52. The number of anilines is 1. The normalized spacial score (nSPS) is 17.3. The summed E-state index contributed by atoms with van der Waals surface area (Å²) in [6.07, 6.45) is 1.79. The van der Waals surface area contributed by atoms with E-state index >= 15 is 0 Å². The van der Waals surface area contributed by atoms with Crippen LogP contribution in [-0.2, 0) is 0 Å². The number of thiophene rings is 1. The van der Waals surface area contributed by atoms with Crippen LogP contribution < -0.4 is 14.8 Å². The van der Waals surface area contributed by atoms with Crippen LogP contribution in [-0.4, -0.2) is 36.5 Å². The van der Waals surface area contributed by atoms with Crippen molar-refractivity contribution >= 4 is 40.4 Å². The first kappa shape index (κ1) is 20.8. The minimum Gasteiger partial charge on any atom is -0.486 e. The van der Waals surface area contributed by atoms with Crippen LogP contribution in [0.5, 0.6) is 11.5 Å². The van der Waals surface area contributed by atoms with Crippen LogP contribution in [0, 0.1) is 0 Å². The summed E-state index contributed by atoms with van der Waals surface area (Å²) in [6, 6.07) is 14.4. The number of fused-ring (bicyclic) bond motifs is 1. The van der Waals surface area contributed by atoms with Gasteiger partial charge in [0.05, 0.1) is 21.6 Å². The number of rotatable bonds is 4. The number of likely N-dealkylation sites (tertiary alicyclic amines) is 1. The van der Waals surface area contributed by atoms with E-state index in [0.717, 1.165) is 29.9 Å². The molecule has 32 heavy (non-hydrogen) atoms. The average molecular weight is 469 g/mol. The molecular weight excluding hydrogens is 448 g/mol. The molecule has 1 unspecified atom stereocenters. The van der Waals surface area contributed by atoms with Gasteiger partial charge in [-0.25, -0.2) is 0 Å². The van der Waals surface area contributed by atoms with Crippen molar-refractivity contribution in [1.29, 1.82) is 0 Å². The molecule has 0 bridgehead atoms. The zero-order chi connectivity index (χ0) is 22.1. The van der Waals surface area contributed by atoms with E-state index < -0.39 is 0 Å². The van der Waals surface area contributed by atoms with Gasteiger partial charge in [-0.05, 0) is 60.2 Å². The van der Waals surface area contributed by atoms with Crippen molar-refractivity contribution in [2.45, 2.75) is 18.9 Å². The fourth-order valence-corrected chi connectivity index (χ4v) is 4.92. The highest BCUT2D eigenvalue weighted by Crippen LogP contribution is 2.39. The van der Waals surface area contributed by atoms with Gasteiger partial charge >= 0.3 is 0 Å². The molecule has 2 aliphatic heterocycles. The summed E-state index contributed by atoms with van der Waals surface area (Å²) < 4.78 is 11.3. The first-order valence-electron chi connectivity index (χ1n) is 10.4. The molecule has 3 heterocycles. The van der Waals surface area contributed by atoms with Crippen molar-refractivity contribution in [2.75, 3.05) is 25.1 Å². The Morgan fingerprint density at radius 2 is 1.91 bits per heavy atom. The Morgan fingerprint density at radius 1 is 1.06 bits per heavy atom. The van der Waals surface area contributed by atoms with Crippen LogP contribution in [0.4, 0.5) is 5.69 Å². The van der Waals surface area contributed by atoms with E-state index in [1.807, 2.05) is 34.5 Å². The van der Waals surface area contributed by atoms with Gasteiger partial charge in [-0.3, -0.25) is 9.59 Å². The van der Waals surface area contributed by atoms with Gasteiger partial charge in [0.1, 0.15) is 13.2 Å². The van der Waals surface area contributed by atoms with Gasteiger partial charge in [0, 0.05) is 12.1 Å². The second-order valence-electron chi connectivity index (χ2n) is 7.69. The van der Waals surface area contributed by atoms with E-state index in [1.165, 1.54) is 11.3 Å². The summed E-state index contributed by atoms with van der Waals surface area (Å²) in [7, 11) is 0. The summed E-state index contributed by atoms with van der Waals surface area (Å²) in [5.74, 6) is 1.12. The number of halogens is 1. The Balaban J connectivity index is 1.38. The van der Waals surface area contributed by atoms with Gasteiger partial charge in [-0.1, -0.05) is 23.7 Å². The lowest BCUT2D eigenvalue weighted by atomic mass is 10.0. The van der Waals surface area contributed by atoms with Crippen LogP contribution >= 0.6 is 22.9 Å². The molecule has 3 aromatic rings. The smallest absolute Gasteiger partial charge is 0.265 e. The minimum atomic E-state index is -0.248. The van der Waals surface area contributed by atoms with Crippen molar-refractivity contribution in [3.8, 4) is 11.5 Å². The Morgan fingerprint density at radius 3 is 2.72 bits per heavy atom. The number of nitrogens with one attached hydrogen (secondary N) is 1. The number of hydrogen-bond acceptors (Lipinski definition) is 5. The van der Waals surface area contributed by atoms with Crippen molar-refractivity contribution in [3.63, 3.8) is 0 Å². The highest BCUT2D eigenvalue weighted by molar-refractivity contribution is 7.12. The molecule has 1 fully saturated rings. The fourth-order valence-electron chi connectivity index (χ4n) is 4.14. The Hall–Kier alpha value is -3.03. The van der Waals surface area contributed by atoms with Crippen LogP contribution in [0.2, 0.25) is 5.02 Å². The third-order valence-electron chi connectivity index (χ3n) is 5.67. The van der Waals surface area contributed by atoms with Gasteiger partial charge in [-0.15, -0.1) is 11.3 Å². The number of amides is 2. The van der Waals surface area contributed by atoms with Crippen LogP contribution in [0.3, 0.4) is 0 Å². The van der Waals surface area contributed by atoms with Crippen LogP contribution in [0.1, 0.15) is 44.5 Å². The second kappa shape index (κ2) is 8.84. The van der Waals surface area contributed by atoms with Gasteiger partial charge in [-0.2, -0.15) is 0 Å². The van der Waals surface area contributed by atoms with E-state index in [-0.39, 0.29) is 17.9 Å². The third-order valence-corrected chi connectivity index (χ3v) is 6.87. The van der Waals surface area contributed by atoms with Crippen molar-refractivity contribution in [2.24, 2.45) is 0 Å². The molecule has 164 valence electrons. The monoisotopic (exact) mass is 468 g/mol. The van der Waals surface area contributed by atoms with Crippen molar-refractivity contribution < 1.29 is 19.1 Å². The van der Waals surface area contributed by atoms with E-state index in [4.69, 9.17) is 21.1 Å². The first-order valence-corrected chi connectivity index (χ1v) is 11.7. The third kappa shape index (κ3) is 4.06. The molecule has 1 saturated heterocycles. The molecule has 2 aliphatic rings. The maximum atomic E-state index is 13.4. The van der Waals surface area contributed by atoms with E-state index in [1.54, 1.807) is 24.3 Å². The molecule has 6 nitrogen and oxygen atoms in total. The molecule has 0 saturated carbocycles. The molecule has 1 N–H and O–H groups in total. The van der Waals surface area contributed by atoms with Crippen LogP contribution in [0.15, 0.2) is 53.9 Å². The summed E-state index contributed by atoms with van der Waals surface area (Å²) >= 11 is 7.64. The summed E-state index contributed by atoms with van der Waals surface area (Å²) in [4.78, 5) is 28.3. The maximum Gasteiger partial charge on any atom is 0.265 e. The summed E-state index contributed by atoms with van der Waals surface area (Å²) in [5.41, 5.74) is 1.94. The predicted molar refractivity (Wildman–Crippen MR) is 124 cm³/mol. The lowest BCUT2D eigenvalue weighted by molar-refractivity contribution is 0.0735. The summed E-state index contributed by atoms with van der Waals surface area (Å²) in [5, 5.41) is 5.03. The van der Waals surface area contributed by atoms with E-state index in [0.29, 0.717) is 40.9 Å². The van der Waals surface area contributed by atoms with E-state index in [9.17, 15) is 9.59 Å². The number of nitrogens with zero attached hydrogens (tertiary/aromatic N) is 1. The number of carbonyl (C=O) groups is 2. The largest absolute Gasteiger partial charge is 0.486 e. The Bertz CT molecular complexity index is 1160. The zero-order valence-electron chi connectivity index (χ0n) is 17.2. The predicted octanol–water partition coefficient (Wildman–Crippen LogP) is 5.40. The van der Waals surface area contributed by atoms with Gasteiger partial charge in [0.25, 0.3) is 11.8 Å². The standard InChI is InChI=1S/C24H21ClN2O4S/c25-17-7-5-16(13-18(17)26-23(28)22-4-2-12-32-22)24(29)27-9-1-3-19(27)15-6-8-20-21(14-15)31-11-10-30-20/h2,4-8,12-14,19H,1,3,9-11H2,(H,26,28). The highest BCUT2D eigenvalue weighted by atomic mass is 35.5. The number of benzene rings is 2. The van der Waals surface area contributed by atoms with Gasteiger partial charge in [0.15, 0.2) is 11.5 Å². The minimum absolute atomic E-state index is 0.0434. The lowest BCUT2D eigenvalue weighted by Crippen LogP contribution is -2.30.